The molecular weight excluding hydrogens is 272 g/mol. The van der Waals surface area contributed by atoms with E-state index in [1.165, 1.54) is 37.7 Å². The monoisotopic (exact) mass is 296 g/mol. The van der Waals surface area contributed by atoms with Gasteiger partial charge in [0.2, 0.25) is 0 Å². The number of hydrogen-bond donors (Lipinski definition) is 2. The molecule has 0 saturated heterocycles. The highest BCUT2D eigenvalue weighted by atomic mass is 35.5. The van der Waals surface area contributed by atoms with Gasteiger partial charge >= 0.3 is 0 Å². The Labute approximate surface area is 127 Å². The molecule has 1 saturated carbocycles. The van der Waals surface area contributed by atoms with Crippen molar-refractivity contribution in [3.63, 3.8) is 0 Å². The van der Waals surface area contributed by atoms with Gasteiger partial charge in [0, 0.05) is 12.1 Å². The van der Waals surface area contributed by atoms with Crippen LogP contribution in [0.3, 0.4) is 0 Å². The summed E-state index contributed by atoms with van der Waals surface area (Å²) in [6.07, 6.45) is 7.46. The third kappa shape index (κ3) is 4.80. The van der Waals surface area contributed by atoms with Crippen molar-refractivity contribution >= 4 is 18.3 Å². The summed E-state index contributed by atoms with van der Waals surface area (Å²) in [5, 5.41) is 2.88. The Bertz CT molecular complexity index is 399. The maximum Gasteiger partial charge on any atom is 0.251 e. The average Bonchev–Trinajstić information content (AvgIpc) is 2.48. The molecule has 112 valence electrons. The van der Waals surface area contributed by atoms with Crippen LogP contribution in [0.2, 0.25) is 0 Å². The Kier molecular flexibility index (Phi) is 7.63. The van der Waals surface area contributed by atoms with Crippen molar-refractivity contribution in [2.45, 2.75) is 44.4 Å². The molecular formula is C16H25ClN2O. The molecule has 0 aromatic heterocycles. The van der Waals surface area contributed by atoms with Gasteiger partial charge in [0.05, 0.1) is 0 Å². The average molecular weight is 297 g/mol. The Morgan fingerprint density at radius 2 is 1.80 bits per heavy atom. The van der Waals surface area contributed by atoms with Crippen LogP contribution in [-0.4, -0.2) is 19.0 Å². The van der Waals surface area contributed by atoms with Gasteiger partial charge in [-0.2, -0.15) is 0 Å². The molecule has 0 unspecified atom stereocenters. The lowest BCUT2D eigenvalue weighted by Gasteiger charge is -2.22. The summed E-state index contributed by atoms with van der Waals surface area (Å²) < 4.78 is 0. The second-order valence-electron chi connectivity index (χ2n) is 5.36. The first-order chi connectivity index (χ1) is 9.31. The fourth-order valence-corrected chi connectivity index (χ4v) is 2.75. The smallest absolute Gasteiger partial charge is 0.251 e. The molecule has 0 radical (unpaired) electrons. The van der Waals surface area contributed by atoms with Crippen molar-refractivity contribution in [1.82, 2.24) is 5.32 Å². The van der Waals surface area contributed by atoms with E-state index in [1.807, 2.05) is 12.1 Å². The van der Waals surface area contributed by atoms with E-state index >= 15 is 0 Å². The van der Waals surface area contributed by atoms with Crippen LogP contribution in [0.25, 0.3) is 0 Å². The summed E-state index contributed by atoms with van der Waals surface area (Å²) >= 11 is 0. The van der Waals surface area contributed by atoms with E-state index in [1.54, 1.807) is 0 Å². The van der Waals surface area contributed by atoms with Gasteiger partial charge in [0.15, 0.2) is 0 Å². The number of amides is 1. The molecule has 1 aliphatic carbocycles. The minimum Gasteiger partial charge on any atom is -0.352 e. The largest absolute Gasteiger partial charge is 0.352 e. The van der Waals surface area contributed by atoms with Crippen LogP contribution in [0.15, 0.2) is 24.3 Å². The molecule has 2 rings (SSSR count). The van der Waals surface area contributed by atoms with Gasteiger partial charge in [-0.25, -0.2) is 0 Å². The minimum absolute atomic E-state index is 0. The van der Waals surface area contributed by atoms with E-state index in [2.05, 4.69) is 17.4 Å². The van der Waals surface area contributed by atoms with E-state index in [9.17, 15) is 4.79 Å². The summed E-state index contributed by atoms with van der Waals surface area (Å²) in [5.74, 6) is 0.701. The standard InChI is InChI=1S/C16H24N2O.ClH/c17-11-4-12-18-16(19)15-9-7-14(8-10-15)13-5-2-1-3-6-13;/h7-10,13H,1-6,11-12,17H2,(H,18,19);1H. The van der Waals surface area contributed by atoms with E-state index in [0.717, 1.165) is 12.0 Å². The Morgan fingerprint density at radius 1 is 1.15 bits per heavy atom. The van der Waals surface area contributed by atoms with Crippen molar-refractivity contribution in [1.29, 1.82) is 0 Å². The van der Waals surface area contributed by atoms with Gasteiger partial charge in [-0.3, -0.25) is 4.79 Å². The van der Waals surface area contributed by atoms with Crippen LogP contribution in [-0.2, 0) is 0 Å². The second kappa shape index (κ2) is 8.98. The zero-order chi connectivity index (χ0) is 13.5. The highest BCUT2D eigenvalue weighted by Gasteiger charge is 2.15. The van der Waals surface area contributed by atoms with Crippen LogP contribution in [0.5, 0.6) is 0 Å². The summed E-state index contributed by atoms with van der Waals surface area (Å²) in [6, 6.07) is 8.13. The van der Waals surface area contributed by atoms with E-state index in [0.29, 0.717) is 19.0 Å². The molecule has 0 bridgehead atoms. The number of nitrogens with two attached hydrogens (primary N) is 1. The molecule has 3 nitrogen and oxygen atoms in total. The highest BCUT2D eigenvalue weighted by Crippen LogP contribution is 2.32. The topological polar surface area (TPSA) is 55.1 Å². The van der Waals surface area contributed by atoms with Gasteiger partial charge in [0.1, 0.15) is 0 Å². The van der Waals surface area contributed by atoms with Crippen molar-refractivity contribution in [2.24, 2.45) is 5.73 Å². The number of nitrogens with one attached hydrogen (secondary N) is 1. The SMILES string of the molecule is Cl.NCCCNC(=O)c1ccc(C2CCCCC2)cc1. The molecule has 0 heterocycles. The Morgan fingerprint density at radius 3 is 2.40 bits per heavy atom. The predicted molar refractivity (Wildman–Crippen MR) is 85.5 cm³/mol. The number of carbonyl (C=O) groups excluding carboxylic acids is 1. The van der Waals surface area contributed by atoms with E-state index in [4.69, 9.17) is 5.73 Å². The van der Waals surface area contributed by atoms with Crippen molar-refractivity contribution in [3.8, 4) is 0 Å². The number of carbonyl (C=O) groups is 1. The summed E-state index contributed by atoms with van der Waals surface area (Å²) in [4.78, 5) is 11.9. The first kappa shape index (κ1) is 17.0. The maximum atomic E-state index is 11.9. The van der Waals surface area contributed by atoms with Crippen molar-refractivity contribution in [3.05, 3.63) is 35.4 Å². The molecule has 1 aromatic carbocycles. The lowest BCUT2D eigenvalue weighted by atomic mass is 9.84. The number of benzene rings is 1. The van der Waals surface area contributed by atoms with Gasteiger partial charge in [-0.15, -0.1) is 12.4 Å². The second-order valence-corrected chi connectivity index (χ2v) is 5.36. The summed E-state index contributed by atoms with van der Waals surface area (Å²) in [5.41, 5.74) is 7.54. The Hall–Kier alpha value is -1.06. The molecule has 0 atom stereocenters. The highest BCUT2D eigenvalue weighted by molar-refractivity contribution is 5.94. The fraction of sp³-hybridized carbons (Fsp3) is 0.562. The molecule has 1 amide bonds. The van der Waals surface area contributed by atoms with Crippen molar-refractivity contribution < 1.29 is 4.79 Å². The molecule has 0 aliphatic heterocycles. The van der Waals surface area contributed by atoms with Crippen LogP contribution < -0.4 is 11.1 Å². The van der Waals surface area contributed by atoms with Crippen LogP contribution in [0.4, 0.5) is 0 Å². The number of halogens is 1. The molecule has 4 heteroatoms. The number of rotatable bonds is 5. The van der Waals surface area contributed by atoms with Gasteiger partial charge in [0.25, 0.3) is 5.91 Å². The zero-order valence-corrected chi connectivity index (χ0v) is 12.8. The molecule has 20 heavy (non-hydrogen) atoms. The minimum atomic E-state index is 0. The van der Waals surface area contributed by atoms with E-state index in [-0.39, 0.29) is 18.3 Å². The third-order valence-corrected chi connectivity index (χ3v) is 3.92. The maximum absolute atomic E-state index is 11.9. The first-order valence-electron chi connectivity index (χ1n) is 7.39. The van der Waals surface area contributed by atoms with Gasteiger partial charge < -0.3 is 11.1 Å². The predicted octanol–water partition coefficient (Wildman–Crippen LogP) is 3.23. The Balaban J connectivity index is 0.00000200. The summed E-state index contributed by atoms with van der Waals surface area (Å²) in [6.45, 7) is 1.26. The molecule has 1 aromatic rings. The quantitative estimate of drug-likeness (QED) is 0.820. The van der Waals surface area contributed by atoms with Crippen LogP contribution in [0, 0.1) is 0 Å². The molecule has 3 N–H and O–H groups in total. The fourth-order valence-electron chi connectivity index (χ4n) is 2.75. The van der Waals surface area contributed by atoms with Crippen molar-refractivity contribution in [2.75, 3.05) is 13.1 Å². The van der Waals surface area contributed by atoms with Gasteiger partial charge in [-0.05, 0) is 49.4 Å². The van der Waals surface area contributed by atoms with Crippen LogP contribution in [0.1, 0.15) is 60.4 Å². The van der Waals surface area contributed by atoms with Gasteiger partial charge in [-0.1, -0.05) is 31.4 Å². The lowest BCUT2D eigenvalue weighted by molar-refractivity contribution is 0.0953. The molecule has 1 fully saturated rings. The zero-order valence-electron chi connectivity index (χ0n) is 11.9. The molecule has 1 aliphatic rings. The normalized spacial score (nSPS) is 15.4. The first-order valence-corrected chi connectivity index (χ1v) is 7.39. The lowest BCUT2D eigenvalue weighted by Crippen LogP contribution is -2.25. The molecule has 0 spiro atoms. The third-order valence-electron chi connectivity index (χ3n) is 3.92. The van der Waals surface area contributed by atoms with Crippen LogP contribution >= 0.6 is 12.4 Å². The number of hydrogen-bond acceptors (Lipinski definition) is 2. The van der Waals surface area contributed by atoms with E-state index < -0.39 is 0 Å². The summed E-state index contributed by atoms with van der Waals surface area (Å²) in [7, 11) is 0.